The first kappa shape index (κ1) is 13.6. The standard InChI is InChI=1S/C17H20N2O3/c1-12-3-2-6-19(9-12)10-14-8-15(18-22-14)13-4-5-16-17(7-13)21-11-20-16/h4-5,7-8,12H,2-3,6,9-11H2,1H3/t12-/m1/s1. The number of benzene rings is 1. The van der Waals surface area contributed by atoms with E-state index in [0.717, 1.165) is 54.1 Å². The number of likely N-dealkylation sites (tertiary alicyclic amines) is 1. The minimum atomic E-state index is 0.288. The Morgan fingerprint density at radius 1 is 1.23 bits per heavy atom. The van der Waals surface area contributed by atoms with E-state index in [1.54, 1.807) is 0 Å². The van der Waals surface area contributed by atoms with E-state index in [4.69, 9.17) is 14.0 Å². The lowest BCUT2D eigenvalue weighted by atomic mass is 10.0. The summed E-state index contributed by atoms with van der Waals surface area (Å²) < 4.78 is 16.3. The molecule has 1 aromatic carbocycles. The van der Waals surface area contributed by atoms with Gasteiger partial charge in [-0.15, -0.1) is 0 Å². The first-order valence-electron chi connectivity index (χ1n) is 7.86. The Balaban J connectivity index is 1.49. The Bertz CT molecular complexity index is 668. The number of rotatable bonds is 3. The van der Waals surface area contributed by atoms with E-state index < -0.39 is 0 Å². The molecule has 1 saturated heterocycles. The summed E-state index contributed by atoms with van der Waals surface area (Å²) in [6.07, 6.45) is 2.60. The van der Waals surface area contributed by atoms with Gasteiger partial charge in [-0.3, -0.25) is 4.90 Å². The van der Waals surface area contributed by atoms with Crippen LogP contribution in [0.5, 0.6) is 11.5 Å². The van der Waals surface area contributed by atoms with E-state index in [9.17, 15) is 0 Å². The van der Waals surface area contributed by atoms with Gasteiger partial charge in [-0.25, -0.2) is 0 Å². The normalized spacial score (nSPS) is 21.2. The zero-order chi connectivity index (χ0) is 14.9. The molecule has 5 heteroatoms. The molecule has 2 aliphatic rings. The predicted octanol–water partition coefficient (Wildman–Crippen LogP) is 3.30. The second-order valence-corrected chi connectivity index (χ2v) is 6.23. The van der Waals surface area contributed by atoms with Gasteiger partial charge in [-0.05, 0) is 43.5 Å². The van der Waals surface area contributed by atoms with Crippen molar-refractivity contribution < 1.29 is 14.0 Å². The summed E-state index contributed by atoms with van der Waals surface area (Å²) in [5.41, 5.74) is 1.84. The van der Waals surface area contributed by atoms with E-state index in [-0.39, 0.29) is 6.79 Å². The second-order valence-electron chi connectivity index (χ2n) is 6.23. The van der Waals surface area contributed by atoms with Gasteiger partial charge in [0.15, 0.2) is 17.3 Å². The summed E-state index contributed by atoms with van der Waals surface area (Å²) in [4.78, 5) is 2.44. The van der Waals surface area contributed by atoms with Crippen LogP contribution in [0.2, 0.25) is 0 Å². The molecular formula is C17H20N2O3. The maximum Gasteiger partial charge on any atom is 0.231 e. The van der Waals surface area contributed by atoms with Crippen molar-refractivity contribution in [2.24, 2.45) is 5.92 Å². The third kappa shape index (κ3) is 2.68. The molecule has 1 atom stereocenters. The van der Waals surface area contributed by atoms with Crippen molar-refractivity contribution in [3.63, 3.8) is 0 Å². The van der Waals surface area contributed by atoms with Crippen LogP contribution in [0.1, 0.15) is 25.5 Å². The minimum absolute atomic E-state index is 0.288. The summed E-state index contributed by atoms with van der Waals surface area (Å²) in [5, 5.41) is 4.20. The summed E-state index contributed by atoms with van der Waals surface area (Å²) in [5.74, 6) is 3.24. The Morgan fingerprint density at radius 3 is 3.05 bits per heavy atom. The number of hydrogen-bond donors (Lipinski definition) is 0. The highest BCUT2D eigenvalue weighted by Gasteiger charge is 2.19. The van der Waals surface area contributed by atoms with E-state index >= 15 is 0 Å². The molecule has 0 radical (unpaired) electrons. The fourth-order valence-corrected chi connectivity index (χ4v) is 3.23. The van der Waals surface area contributed by atoms with Crippen molar-refractivity contribution in [1.82, 2.24) is 10.1 Å². The highest BCUT2D eigenvalue weighted by atomic mass is 16.7. The van der Waals surface area contributed by atoms with Gasteiger partial charge in [0.2, 0.25) is 6.79 Å². The van der Waals surface area contributed by atoms with Crippen LogP contribution in [0, 0.1) is 5.92 Å². The van der Waals surface area contributed by atoms with Crippen LogP contribution in [0.15, 0.2) is 28.8 Å². The zero-order valence-electron chi connectivity index (χ0n) is 12.7. The molecule has 5 nitrogen and oxygen atoms in total. The summed E-state index contributed by atoms with van der Waals surface area (Å²) >= 11 is 0. The van der Waals surface area contributed by atoms with Crippen LogP contribution in [0.25, 0.3) is 11.3 Å². The number of ether oxygens (including phenoxy) is 2. The predicted molar refractivity (Wildman–Crippen MR) is 81.7 cm³/mol. The topological polar surface area (TPSA) is 47.7 Å². The molecule has 0 spiro atoms. The van der Waals surface area contributed by atoms with Crippen LogP contribution < -0.4 is 9.47 Å². The molecule has 0 bridgehead atoms. The van der Waals surface area contributed by atoms with Crippen LogP contribution >= 0.6 is 0 Å². The van der Waals surface area contributed by atoms with Gasteiger partial charge in [0.05, 0.1) is 6.54 Å². The lowest BCUT2D eigenvalue weighted by Gasteiger charge is -2.29. The van der Waals surface area contributed by atoms with Crippen LogP contribution in [-0.2, 0) is 6.54 Å². The first-order valence-corrected chi connectivity index (χ1v) is 7.86. The third-order valence-corrected chi connectivity index (χ3v) is 4.35. The summed E-state index contributed by atoms with van der Waals surface area (Å²) in [6.45, 7) is 5.72. The lowest BCUT2D eigenvalue weighted by molar-refractivity contribution is 0.160. The molecule has 0 amide bonds. The highest BCUT2D eigenvalue weighted by molar-refractivity contribution is 5.64. The molecule has 0 saturated carbocycles. The van der Waals surface area contributed by atoms with Crippen LogP contribution in [-0.4, -0.2) is 29.9 Å². The van der Waals surface area contributed by atoms with Gasteiger partial charge in [0, 0.05) is 18.2 Å². The Hall–Kier alpha value is -2.01. The fraction of sp³-hybridized carbons (Fsp3) is 0.471. The summed E-state index contributed by atoms with van der Waals surface area (Å²) in [6, 6.07) is 7.88. The Labute approximate surface area is 129 Å². The maximum atomic E-state index is 5.51. The van der Waals surface area contributed by atoms with Crippen molar-refractivity contribution in [3.8, 4) is 22.8 Å². The van der Waals surface area contributed by atoms with Gasteiger partial charge in [-0.1, -0.05) is 12.1 Å². The second kappa shape index (κ2) is 5.65. The van der Waals surface area contributed by atoms with E-state index in [1.165, 1.54) is 12.8 Å². The number of fused-ring (bicyclic) bond motifs is 1. The largest absolute Gasteiger partial charge is 0.454 e. The molecule has 0 unspecified atom stereocenters. The highest BCUT2D eigenvalue weighted by Crippen LogP contribution is 2.35. The molecule has 0 aliphatic carbocycles. The molecule has 3 heterocycles. The van der Waals surface area contributed by atoms with Crippen molar-refractivity contribution in [1.29, 1.82) is 0 Å². The van der Waals surface area contributed by atoms with Crippen molar-refractivity contribution in [2.75, 3.05) is 19.9 Å². The van der Waals surface area contributed by atoms with Gasteiger partial charge in [-0.2, -0.15) is 0 Å². The van der Waals surface area contributed by atoms with Crippen molar-refractivity contribution in [3.05, 3.63) is 30.0 Å². The number of nitrogens with zero attached hydrogens (tertiary/aromatic N) is 2. The number of hydrogen-bond acceptors (Lipinski definition) is 5. The molecule has 1 fully saturated rings. The molecule has 116 valence electrons. The molecule has 22 heavy (non-hydrogen) atoms. The van der Waals surface area contributed by atoms with Gasteiger partial charge in [0.1, 0.15) is 5.69 Å². The Kier molecular flexibility index (Phi) is 3.50. The van der Waals surface area contributed by atoms with E-state index in [2.05, 4.69) is 17.0 Å². The monoisotopic (exact) mass is 300 g/mol. The van der Waals surface area contributed by atoms with E-state index in [1.807, 2.05) is 24.3 Å². The molecule has 0 N–H and O–H groups in total. The fourth-order valence-electron chi connectivity index (χ4n) is 3.23. The zero-order valence-corrected chi connectivity index (χ0v) is 12.7. The Morgan fingerprint density at radius 2 is 2.14 bits per heavy atom. The molecular weight excluding hydrogens is 280 g/mol. The van der Waals surface area contributed by atoms with E-state index in [0.29, 0.717) is 0 Å². The number of piperidine rings is 1. The maximum absolute atomic E-state index is 5.51. The average Bonchev–Trinajstić information content (AvgIpc) is 3.15. The quantitative estimate of drug-likeness (QED) is 0.870. The average molecular weight is 300 g/mol. The van der Waals surface area contributed by atoms with Crippen molar-refractivity contribution in [2.45, 2.75) is 26.3 Å². The van der Waals surface area contributed by atoms with Crippen LogP contribution in [0.3, 0.4) is 0 Å². The first-order chi connectivity index (χ1) is 10.8. The molecule has 1 aromatic heterocycles. The lowest BCUT2D eigenvalue weighted by Crippen LogP contribution is -2.33. The molecule has 2 aliphatic heterocycles. The summed E-state index contributed by atoms with van der Waals surface area (Å²) in [7, 11) is 0. The smallest absolute Gasteiger partial charge is 0.231 e. The van der Waals surface area contributed by atoms with Crippen molar-refractivity contribution >= 4 is 0 Å². The minimum Gasteiger partial charge on any atom is -0.454 e. The van der Waals surface area contributed by atoms with Gasteiger partial charge in [0.25, 0.3) is 0 Å². The SMILES string of the molecule is C[C@@H]1CCCN(Cc2cc(-c3ccc4c(c3)OCO4)no2)C1. The molecule has 2 aromatic rings. The molecule has 4 rings (SSSR count). The third-order valence-electron chi connectivity index (χ3n) is 4.35. The van der Waals surface area contributed by atoms with Gasteiger partial charge >= 0.3 is 0 Å². The van der Waals surface area contributed by atoms with Gasteiger partial charge < -0.3 is 14.0 Å². The van der Waals surface area contributed by atoms with Crippen LogP contribution in [0.4, 0.5) is 0 Å². The number of aromatic nitrogens is 1.